The number of benzene rings is 1. The Morgan fingerprint density at radius 3 is 3.05 bits per heavy atom. The number of aryl methyl sites for hydroxylation is 1. The van der Waals surface area contributed by atoms with Gasteiger partial charge in [0, 0.05) is 5.02 Å². The minimum Gasteiger partial charge on any atom is -0.384 e. The van der Waals surface area contributed by atoms with Gasteiger partial charge >= 0.3 is 0 Å². The van der Waals surface area contributed by atoms with Gasteiger partial charge in [0.25, 0.3) is 0 Å². The van der Waals surface area contributed by atoms with E-state index in [1.165, 1.54) is 6.33 Å². The predicted octanol–water partition coefficient (Wildman–Crippen LogP) is 3.24. The van der Waals surface area contributed by atoms with Gasteiger partial charge in [0.1, 0.15) is 18.3 Å². The molecule has 2 aromatic rings. The Morgan fingerprint density at radius 2 is 2.33 bits per heavy atom. The fourth-order valence-corrected chi connectivity index (χ4v) is 3.01. The lowest BCUT2D eigenvalue weighted by molar-refractivity contribution is 0.0632. The molecule has 0 radical (unpaired) electrons. The predicted molar refractivity (Wildman–Crippen MR) is 83.0 cm³/mol. The zero-order valence-electron chi connectivity index (χ0n) is 12.0. The summed E-state index contributed by atoms with van der Waals surface area (Å²) in [6.45, 7) is 2.44. The lowest BCUT2D eigenvalue weighted by atomic mass is 9.94. The first-order chi connectivity index (χ1) is 10.1. The van der Waals surface area contributed by atoms with Crippen LogP contribution in [0.15, 0.2) is 36.4 Å². The highest BCUT2D eigenvalue weighted by Gasteiger charge is 2.36. The molecule has 21 heavy (non-hydrogen) atoms. The molecule has 1 unspecified atom stereocenters. The van der Waals surface area contributed by atoms with Crippen molar-refractivity contribution in [1.82, 2.24) is 14.8 Å². The van der Waals surface area contributed by atoms with Crippen LogP contribution in [0.2, 0.25) is 5.02 Å². The molecule has 0 bridgehead atoms. The third kappa shape index (κ3) is 3.01. The molecule has 110 valence electrons. The molecular formula is C16H18ClN3O. The van der Waals surface area contributed by atoms with Crippen LogP contribution in [0.25, 0.3) is 6.08 Å². The molecule has 1 saturated carbocycles. The largest absolute Gasteiger partial charge is 0.384 e. The summed E-state index contributed by atoms with van der Waals surface area (Å²) >= 11 is 6.06. The SMILES string of the molecule is Cc1cc(C=C2CCCC2(O)Cn2cncn2)ccc1Cl. The summed E-state index contributed by atoms with van der Waals surface area (Å²) in [5.74, 6) is 0. The van der Waals surface area contributed by atoms with E-state index in [9.17, 15) is 5.11 Å². The van der Waals surface area contributed by atoms with E-state index in [1.54, 1.807) is 11.0 Å². The molecule has 3 rings (SSSR count). The van der Waals surface area contributed by atoms with E-state index in [-0.39, 0.29) is 0 Å². The normalized spacial score (nSPS) is 23.9. The molecule has 0 spiro atoms. The van der Waals surface area contributed by atoms with Crippen LogP contribution in [-0.2, 0) is 6.54 Å². The summed E-state index contributed by atoms with van der Waals surface area (Å²) in [5.41, 5.74) is 2.34. The van der Waals surface area contributed by atoms with Crippen molar-refractivity contribution in [3.05, 3.63) is 52.6 Å². The van der Waals surface area contributed by atoms with E-state index in [0.29, 0.717) is 6.54 Å². The smallest absolute Gasteiger partial charge is 0.137 e. The molecule has 1 aliphatic carbocycles. The number of aliphatic hydroxyl groups is 1. The van der Waals surface area contributed by atoms with Crippen LogP contribution in [0.4, 0.5) is 0 Å². The van der Waals surface area contributed by atoms with Gasteiger partial charge in [-0.15, -0.1) is 0 Å². The maximum Gasteiger partial charge on any atom is 0.137 e. The Morgan fingerprint density at radius 1 is 1.48 bits per heavy atom. The fourth-order valence-electron chi connectivity index (χ4n) is 2.89. The molecular weight excluding hydrogens is 286 g/mol. The molecule has 1 aromatic carbocycles. The molecule has 1 atom stereocenters. The Balaban J connectivity index is 1.88. The average Bonchev–Trinajstić information content (AvgIpc) is 3.06. The quantitative estimate of drug-likeness (QED) is 0.947. The zero-order chi connectivity index (χ0) is 14.9. The number of rotatable bonds is 3. The third-order valence-electron chi connectivity index (χ3n) is 4.05. The van der Waals surface area contributed by atoms with E-state index in [1.807, 2.05) is 25.1 Å². The van der Waals surface area contributed by atoms with E-state index >= 15 is 0 Å². The first kappa shape index (κ1) is 14.3. The van der Waals surface area contributed by atoms with Crippen molar-refractivity contribution < 1.29 is 5.11 Å². The lowest BCUT2D eigenvalue weighted by Gasteiger charge is -2.24. The van der Waals surface area contributed by atoms with Crippen LogP contribution in [-0.4, -0.2) is 25.5 Å². The van der Waals surface area contributed by atoms with Crippen LogP contribution >= 0.6 is 11.6 Å². The summed E-state index contributed by atoms with van der Waals surface area (Å²) in [7, 11) is 0. The highest BCUT2D eigenvalue weighted by atomic mass is 35.5. The van der Waals surface area contributed by atoms with Crippen molar-refractivity contribution in [1.29, 1.82) is 0 Å². The highest BCUT2D eigenvalue weighted by molar-refractivity contribution is 6.31. The van der Waals surface area contributed by atoms with Crippen LogP contribution in [0.3, 0.4) is 0 Å². The first-order valence-corrected chi connectivity index (χ1v) is 7.47. The first-order valence-electron chi connectivity index (χ1n) is 7.09. The van der Waals surface area contributed by atoms with Crippen LogP contribution in [0.5, 0.6) is 0 Å². The second-order valence-corrected chi connectivity index (χ2v) is 6.06. The van der Waals surface area contributed by atoms with Gasteiger partial charge in [0.15, 0.2) is 0 Å². The molecule has 5 heteroatoms. The minimum atomic E-state index is -0.832. The highest BCUT2D eigenvalue weighted by Crippen LogP contribution is 2.37. The third-order valence-corrected chi connectivity index (χ3v) is 4.47. The van der Waals surface area contributed by atoms with Crippen molar-refractivity contribution in [2.45, 2.75) is 38.3 Å². The summed E-state index contributed by atoms with van der Waals surface area (Å²) in [5, 5.41) is 15.8. The van der Waals surface area contributed by atoms with Crippen molar-refractivity contribution in [3.63, 3.8) is 0 Å². The van der Waals surface area contributed by atoms with Crippen molar-refractivity contribution in [2.24, 2.45) is 0 Å². The van der Waals surface area contributed by atoms with Gasteiger partial charge in [0.05, 0.1) is 6.54 Å². The van der Waals surface area contributed by atoms with Crippen molar-refractivity contribution >= 4 is 17.7 Å². The van der Waals surface area contributed by atoms with E-state index in [4.69, 9.17) is 11.6 Å². The van der Waals surface area contributed by atoms with Gasteiger partial charge in [0.2, 0.25) is 0 Å². The van der Waals surface area contributed by atoms with Gasteiger partial charge in [-0.2, -0.15) is 5.10 Å². The fraction of sp³-hybridized carbons (Fsp3) is 0.375. The standard InChI is InChI=1S/C16H18ClN3O/c1-12-7-13(4-5-15(12)17)8-14-3-2-6-16(14,21)9-20-11-18-10-19-20/h4-5,7-8,10-11,21H,2-3,6,9H2,1H3. The van der Waals surface area contributed by atoms with Crippen LogP contribution in [0, 0.1) is 6.92 Å². The van der Waals surface area contributed by atoms with E-state index < -0.39 is 5.60 Å². The van der Waals surface area contributed by atoms with Gasteiger partial charge < -0.3 is 5.11 Å². The number of hydrogen-bond acceptors (Lipinski definition) is 3. The molecule has 1 aromatic heterocycles. The van der Waals surface area contributed by atoms with Crippen LogP contribution in [0.1, 0.15) is 30.4 Å². The topological polar surface area (TPSA) is 50.9 Å². The van der Waals surface area contributed by atoms with Crippen molar-refractivity contribution in [3.8, 4) is 0 Å². The lowest BCUT2D eigenvalue weighted by Crippen LogP contribution is -2.32. The molecule has 0 saturated heterocycles. The maximum atomic E-state index is 10.9. The molecule has 1 N–H and O–H groups in total. The Labute approximate surface area is 129 Å². The summed E-state index contributed by atoms with van der Waals surface area (Å²) in [6.07, 6.45) is 7.86. The summed E-state index contributed by atoms with van der Waals surface area (Å²) in [6, 6.07) is 5.93. The summed E-state index contributed by atoms with van der Waals surface area (Å²) in [4.78, 5) is 3.93. The van der Waals surface area contributed by atoms with Crippen LogP contribution < -0.4 is 0 Å². The monoisotopic (exact) mass is 303 g/mol. The maximum absolute atomic E-state index is 10.9. The number of halogens is 1. The zero-order valence-corrected chi connectivity index (χ0v) is 12.7. The van der Waals surface area contributed by atoms with Gasteiger partial charge in [-0.1, -0.05) is 29.8 Å². The molecule has 1 fully saturated rings. The molecule has 4 nitrogen and oxygen atoms in total. The Kier molecular flexibility index (Phi) is 3.83. The second kappa shape index (κ2) is 5.62. The van der Waals surface area contributed by atoms with E-state index in [2.05, 4.69) is 16.2 Å². The van der Waals surface area contributed by atoms with Crippen molar-refractivity contribution in [2.75, 3.05) is 0 Å². The second-order valence-electron chi connectivity index (χ2n) is 5.66. The Bertz CT molecular complexity index is 666. The number of aromatic nitrogens is 3. The molecule has 1 aliphatic rings. The molecule has 0 aliphatic heterocycles. The Hall–Kier alpha value is -1.65. The number of hydrogen-bond donors (Lipinski definition) is 1. The molecule has 1 heterocycles. The average molecular weight is 304 g/mol. The van der Waals surface area contributed by atoms with E-state index in [0.717, 1.165) is 41.0 Å². The number of nitrogens with zero attached hydrogens (tertiary/aromatic N) is 3. The minimum absolute atomic E-state index is 0.450. The summed E-state index contributed by atoms with van der Waals surface area (Å²) < 4.78 is 1.69. The van der Waals surface area contributed by atoms with Gasteiger partial charge in [-0.25, -0.2) is 9.67 Å². The molecule has 0 amide bonds. The van der Waals surface area contributed by atoms with Gasteiger partial charge in [-0.3, -0.25) is 0 Å². The van der Waals surface area contributed by atoms with Gasteiger partial charge in [-0.05, 0) is 49.0 Å².